The minimum absolute atomic E-state index is 0.177. The van der Waals surface area contributed by atoms with E-state index in [4.69, 9.17) is 0 Å². The number of nitrogens with zero attached hydrogens (tertiary/aromatic N) is 1. The lowest BCUT2D eigenvalue weighted by molar-refractivity contribution is -0.122. The maximum atomic E-state index is 11.8. The number of rotatable bonds is 0. The molecule has 1 aliphatic heterocycles. The molecule has 0 spiro atoms. The van der Waals surface area contributed by atoms with E-state index in [-0.39, 0.29) is 11.7 Å². The first-order chi connectivity index (χ1) is 6.53. The van der Waals surface area contributed by atoms with Crippen molar-refractivity contribution in [2.75, 3.05) is 5.32 Å². The van der Waals surface area contributed by atoms with Gasteiger partial charge in [-0.1, -0.05) is 0 Å². The molecule has 1 aromatic rings. The highest BCUT2D eigenvalue weighted by atomic mass is 16.2. The molecule has 1 aliphatic rings. The van der Waals surface area contributed by atoms with Crippen molar-refractivity contribution in [3.63, 3.8) is 0 Å². The molecule has 0 radical (unpaired) electrons. The summed E-state index contributed by atoms with van der Waals surface area (Å²) < 4.78 is 0. The fourth-order valence-corrected chi connectivity index (χ4v) is 1.39. The van der Waals surface area contributed by atoms with Gasteiger partial charge in [-0.15, -0.1) is 0 Å². The topological polar surface area (TPSA) is 59.1 Å². The van der Waals surface area contributed by atoms with Crippen LogP contribution in [0, 0.1) is 5.41 Å². The van der Waals surface area contributed by atoms with Gasteiger partial charge in [0.1, 0.15) is 11.2 Å². The second kappa shape index (κ2) is 2.64. The molecule has 0 fully saturated rings. The zero-order valence-corrected chi connectivity index (χ0v) is 8.00. The van der Waals surface area contributed by atoms with Crippen LogP contribution < -0.4 is 5.32 Å². The molecule has 72 valence electrons. The minimum atomic E-state index is -0.990. The quantitative estimate of drug-likeness (QED) is 0.626. The first-order valence-electron chi connectivity index (χ1n) is 4.35. The van der Waals surface area contributed by atoms with Crippen LogP contribution in [0.25, 0.3) is 0 Å². The number of aromatic nitrogens is 1. The predicted octanol–water partition coefficient (Wildman–Crippen LogP) is 1.24. The largest absolute Gasteiger partial charge is 0.309 e. The number of hydrogen-bond donors (Lipinski definition) is 1. The molecule has 0 bridgehead atoms. The van der Waals surface area contributed by atoms with Gasteiger partial charge in [-0.2, -0.15) is 0 Å². The molecule has 2 heterocycles. The fourth-order valence-electron chi connectivity index (χ4n) is 1.39. The van der Waals surface area contributed by atoms with Gasteiger partial charge in [0.15, 0.2) is 5.78 Å². The van der Waals surface area contributed by atoms with Crippen LogP contribution in [0.4, 0.5) is 5.82 Å². The Bertz CT molecular complexity index is 424. The van der Waals surface area contributed by atoms with Crippen LogP contribution in [-0.2, 0) is 4.79 Å². The molecular weight excluding hydrogens is 180 g/mol. The monoisotopic (exact) mass is 190 g/mol. The van der Waals surface area contributed by atoms with E-state index in [0.29, 0.717) is 11.4 Å². The Hall–Kier alpha value is -1.71. The molecule has 0 aromatic carbocycles. The van der Waals surface area contributed by atoms with E-state index >= 15 is 0 Å². The number of ketones is 1. The number of nitrogens with one attached hydrogen (secondary N) is 1. The van der Waals surface area contributed by atoms with E-state index < -0.39 is 5.41 Å². The number of amides is 1. The molecule has 14 heavy (non-hydrogen) atoms. The van der Waals surface area contributed by atoms with Crippen molar-refractivity contribution < 1.29 is 9.59 Å². The number of fused-ring (bicyclic) bond motifs is 1. The predicted molar refractivity (Wildman–Crippen MR) is 51.0 cm³/mol. The van der Waals surface area contributed by atoms with Crippen LogP contribution in [0.15, 0.2) is 18.3 Å². The Morgan fingerprint density at radius 3 is 2.79 bits per heavy atom. The van der Waals surface area contributed by atoms with Gasteiger partial charge in [0, 0.05) is 6.20 Å². The summed E-state index contributed by atoms with van der Waals surface area (Å²) in [6, 6.07) is 3.36. The number of carbonyl (C=O) groups is 2. The standard InChI is InChI=1S/C10H10N2O2/c1-10(2)7(13)6-4-3-5-11-8(6)12-9(10)14/h3-5H,1-2H3,(H,11,12,14). The van der Waals surface area contributed by atoms with E-state index in [2.05, 4.69) is 10.3 Å². The van der Waals surface area contributed by atoms with Gasteiger partial charge < -0.3 is 5.32 Å². The molecule has 1 N–H and O–H groups in total. The molecule has 1 aromatic heterocycles. The zero-order valence-electron chi connectivity index (χ0n) is 8.00. The maximum absolute atomic E-state index is 11.8. The molecule has 2 rings (SSSR count). The number of hydrogen-bond acceptors (Lipinski definition) is 3. The molecule has 0 atom stereocenters. The summed E-state index contributed by atoms with van der Waals surface area (Å²) in [5, 5.41) is 2.61. The average Bonchev–Trinajstić information content (AvgIpc) is 2.15. The lowest BCUT2D eigenvalue weighted by Gasteiger charge is -2.27. The molecule has 4 nitrogen and oxygen atoms in total. The van der Waals surface area contributed by atoms with Gasteiger partial charge in [0.05, 0.1) is 5.56 Å². The number of anilines is 1. The molecule has 0 aliphatic carbocycles. The minimum Gasteiger partial charge on any atom is -0.309 e. The number of carbonyl (C=O) groups excluding carboxylic acids is 2. The lowest BCUT2D eigenvalue weighted by Crippen LogP contribution is -2.42. The fraction of sp³-hybridized carbons (Fsp3) is 0.300. The van der Waals surface area contributed by atoms with Crippen LogP contribution in [0.3, 0.4) is 0 Å². The average molecular weight is 190 g/mol. The Morgan fingerprint density at radius 2 is 2.07 bits per heavy atom. The van der Waals surface area contributed by atoms with Gasteiger partial charge in [0.25, 0.3) is 0 Å². The normalized spacial score (nSPS) is 18.7. The van der Waals surface area contributed by atoms with Gasteiger partial charge >= 0.3 is 0 Å². The van der Waals surface area contributed by atoms with E-state index in [1.807, 2.05) is 0 Å². The van der Waals surface area contributed by atoms with Gasteiger partial charge in [-0.05, 0) is 26.0 Å². The van der Waals surface area contributed by atoms with Crippen molar-refractivity contribution in [3.8, 4) is 0 Å². The Balaban J connectivity index is 2.61. The zero-order chi connectivity index (χ0) is 10.3. The van der Waals surface area contributed by atoms with Crippen LogP contribution in [0.2, 0.25) is 0 Å². The summed E-state index contributed by atoms with van der Waals surface area (Å²) >= 11 is 0. The highest BCUT2D eigenvalue weighted by molar-refractivity contribution is 6.22. The SMILES string of the molecule is CC1(C)C(=O)Nc2ncccc2C1=O. The Morgan fingerprint density at radius 1 is 1.36 bits per heavy atom. The van der Waals surface area contributed by atoms with Crippen LogP contribution in [0.5, 0.6) is 0 Å². The third kappa shape index (κ3) is 1.04. The first-order valence-corrected chi connectivity index (χ1v) is 4.35. The molecule has 4 heteroatoms. The molecule has 0 unspecified atom stereocenters. The smallest absolute Gasteiger partial charge is 0.239 e. The van der Waals surface area contributed by atoms with Crippen LogP contribution >= 0.6 is 0 Å². The van der Waals surface area contributed by atoms with Crippen LogP contribution in [-0.4, -0.2) is 16.7 Å². The molecule has 0 saturated heterocycles. The summed E-state index contributed by atoms with van der Waals surface area (Å²) in [4.78, 5) is 27.3. The number of pyridine rings is 1. The Labute approximate surface area is 81.3 Å². The molecule has 0 saturated carbocycles. The Kier molecular flexibility index (Phi) is 1.67. The van der Waals surface area contributed by atoms with Gasteiger partial charge in [0.2, 0.25) is 5.91 Å². The summed E-state index contributed by atoms with van der Waals surface area (Å²) in [6.07, 6.45) is 1.55. The highest BCUT2D eigenvalue weighted by Crippen LogP contribution is 2.31. The maximum Gasteiger partial charge on any atom is 0.239 e. The number of Topliss-reactive ketones (excluding diaryl/α,β-unsaturated/α-hetero) is 1. The van der Waals surface area contributed by atoms with E-state index in [0.717, 1.165) is 0 Å². The van der Waals surface area contributed by atoms with E-state index in [9.17, 15) is 9.59 Å². The van der Waals surface area contributed by atoms with Gasteiger partial charge in [-0.25, -0.2) is 4.98 Å². The van der Waals surface area contributed by atoms with Crippen LogP contribution in [0.1, 0.15) is 24.2 Å². The lowest BCUT2D eigenvalue weighted by atomic mass is 9.81. The summed E-state index contributed by atoms with van der Waals surface area (Å²) in [5.74, 6) is -0.111. The third-order valence-corrected chi connectivity index (χ3v) is 2.42. The van der Waals surface area contributed by atoms with Crippen molar-refractivity contribution in [3.05, 3.63) is 23.9 Å². The van der Waals surface area contributed by atoms with Crippen molar-refractivity contribution in [2.24, 2.45) is 5.41 Å². The summed E-state index contributed by atoms with van der Waals surface area (Å²) in [6.45, 7) is 3.22. The third-order valence-electron chi connectivity index (χ3n) is 2.42. The van der Waals surface area contributed by atoms with E-state index in [1.54, 1.807) is 32.2 Å². The van der Waals surface area contributed by atoms with Crippen molar-refractivity contribution >= 4 is 17.5 Å². The summed E-state index contributed by atoms with van der Waals surface area (Å²) in [7, 11) is 0. The second-order valence-electron chi connectivity index (χ2n) is 3.81. The van der Waals surface area contributed by atoms with E-state index in [1.165, 1.54) is 0 Å². The highest BCUT2D eigenvalue weighted by Gasteiger charge is 2.42. The molecular formula is C10H10N2O2. The van der Waals surface area contributed by atoms with Gasteiger partial charge in [-0.3, -0.25) is 9.59 Å². The summed E-state index contributed by atoms with van der Waals surface area (Å²) in [5.41, 5.74) is -0.507. The first kappa shape index (κ1) is 8.87. The second-order valence-corrected chi connectivity index (χ2v) is 3.81. The molecule has 1 amide bonds. The van der Waals surface area contributed by atoms with Crippen molar-refractivity contribution in [1.82, 2.24) is 4.98 Å². The van der Waals surface area contributed by atoms with Crippen molar-refractivity contribution in [2.45, 2.75) is 13.8 Å². The van der Waals surface area contributed by atoms with Crippen molar-refractivity contribution in [1.29, 1.82) is 0 Å².